The Hall–Kier alpha value is -1.13. The molecule has 290 valence electrons. The van der Waals surface area contributed by atoms with Crippen LogP contribution in [0, 0.1) is 0 Å². The fraction of sp³-hybridized carbons (Fsp3) is 1.00. The van der Waals surface area contributed by atoms with Gasteiger partial charge in [0, 0.05) is 0 Å². The molecule has 0 aromatic rings. The standard InChI is InChI=1S/C7H15O.3C4F9.Sn/c1-2-3-4-5-6-7-8;3*5-1(6)2(7,8)3(9,10)4(11,12)13;/h2-7H2,1H3;;;;/q-1;;;;+1. The summed E-state index contributed by atoms with van der Waals surface area (Å²) in [5.41, 5.74) is 0. The van der Waals surface area contributed by atoms with Crippen LogP contribution < -0.4 is 0 Å². The number of hydrogen-bond acceptors (Lipinski definition) is 1. The molecule has 48 heavy (non-hydrogen) atoms. The van der Waals surface area contributed by atoms with E-state index in [9.17, 15) is 92.2 Å². The maximum atomic E-state index is 15.2. The molecule has 0 saturated heterocycles. The molecule has 0 saturated carbocycles. The molecule has 0 aliphatic rings. The van der Waals surface area contributed by atoms with Crippen LogP contribution in [0.15, 0.2) is 0 Å². The van der Waals surface area contributed by atoms with Crippen LogP contribution in [0.1, 0.15) is 39.0 Å². The van der Waals surface area contributed by atoms with Gasteiger partial charge in [0.2, 0.25) is 0 Å². The third-order valence-corrected chi connectivity index (χ3v) is 18.4. The zero-order valence-corrected chi connectivity index (χ0v) is 25.2. The molecule has 1 nitrogen and oxygen atoms in total. The normalized spacial score (nSPS) is 16.5. The molecule has 0 amide bonds. The first-order chi connectivity index (χ1) is 20.6. The Morgan fingerprint density at radius 2 is 0.562 bits per heavy atom. The van der Waals surface area contributed by atoms with E-state index in [0.717, 1.165) is 0 Å². The van der Waals surface area contributed by atoms with Crippen LogP contribution in [0.25, 0.3) is 0 Å². The van der Waals surface area contributed by atoms with Gasteiger partial charge in [-0.05, 0) is 0 Å². The molecule has 0 rings (SSSR count). The quantitative estimate of drug-likeness (QED) is 0.0852. The van der Waals surface area contributed by atoms with Gasteiger partial charge in [-0.15, -0.1) is 0 Å². The van der Waals surface area contributed by atoms with E-state index in [-0.39, 0.29) is 12.8 Å². The van der Waals surface area contributed by atoms with Crippen molar-refractivity contribution in [2.75, 3.05) is 6.61 Å². The Morgan fingerprint density at radius 1 is 0.333 bits per heavy atom. The third-order valence-electron chi connectivity index (χ3n) is 6.33. The van der Waals surface area contributed by atoms with E-state index in [0.29, 0.717) is 0 Å². The second-order valence-electron chi connectivity index (χ2n) is 9.61. The summed E-state index contributed by atoms with van der Waals surface area (Å²) < 4.78 is 346. The summed E-state index contributed by atoms with van der Waals surface area (Å²) in [6.45, 7) is -1.84. The fourth-order valence-corrected chi connectivity index (χ4v) is 14.9. The summed E-state index contributed by atoms with van der Waals surface area (Å²) in [4.78, 5) is 0. The first kappa shape index (κ1) is 46.9. The van der Waals surface area contributed by atoms with E-state index in [1.807, 2.05) is 0 Å². The zero-order valence-electron chi connectivity index (χ0n) is 22.4. The first-order valence-electron chi connectivity index (χ1n) is 11.8. The number of alkyl halides is 27. The van der Waals surface area contributed by atoms with Gasteiger partial charge in [-0.1, -0.05) is 0 Å². The third kappa shape index (κ3) is 6.43. The van der Waals surface area contributed by atoms with Crippen molar-refractivity contribution in [2.24, 2.45) is 0 Å². The van der Waals surface area contributed by atoms with Crippen molar-refractivity contribution in [1.82, 2.24) is 0 Å². The molecule has 0 radical (unpaired) electrons. The summed E-state index contributed by atoms with van der Waals surface area (Å²) in [6, 6.07) is 0. The molecule has 0 unspecified atom stereocenters. The Kier molecular flexibility index (Phi) is 12.8. The number of rotatable bonds is 16. The molecule has 0 heterocycles. The van der Waals surface area contributed by atoms with Crippen LogP contribution in [-0.2, 0) is 3.07 Å². The molecule has 0 aromatic heterocycles. The molecular weight excluding hydrogens is 876 g/mol. The Balaban J connectivity index is 8.91. The summed E-state index contributed by atoms with van der Waals surface area (Å²) in [5.74, 6) is -55.5. The molecule has 0 aromatic carbocycles. The second kappa shape index (κ2) is 13.1. The van der Waals surface area contributed by atoms with E-state index >= 15 is 26.3 Å². The molecule has 0 atom stereocenters. The predicted octanol–water partition coefficient (Wildman–Crippen LogP) is 10.9. The van der Waals surface area contributed by atoms with E-state index < -0.39 is 111 Å². The van der Waals surface area contributed by atoms with Crippen molar-refractivity contribution in [2.45, 2.75) is 105 Å². The van der Waals surface area contributed by atoms with Gasteiger partial charge >= 0.3 is 252 Å². The average Bonchev–Trinajstić information content (AvgIpc) is 2.85. The van der Waals surface area contributed by atoms with Crippen LogP contribution in [0.2, 0.25) is 0 Å². The molecular formula is C19H15F27OSn. The van der Waals surface area contributed by atoms with Gasteiger partial charge in [0.05, 0.1) is 0 Å². The van der Waals surface area contributed by atoms with E-state index in [1.54, 1.807) is 0 Å². The SMILES string of the molecule is CCCCCCC[O][Sn]([C](F)(F)C(F)(F)C(F)(F)C(F)(F)F)([C](F)(F)C(F)(F)C(F)(F)C(F)(F)F)[C](F)(F)C(F)(F)C(F)(F)C(F)(F)F. The van der Waals surface area contributed by atoms with Crippen LogP contribution in [0.4, 0.5) is 119 Å². The first-order valence-corrected chi connectivity index (χ1v) is 17.2. The van der Waals surface area contributed by atoms with Crippen molar-refractivity contribution in [3.8, 4) is 0 Å². The Bertz CT molecular complexity index is 960. The predicted molar refractivity (Wildman–Crippen MR) is 103 cm³/mol. The van der Waals surface area contributed by atoms with Gasteiger partial charge in [-0.3, -0.25) is 0 Å². The monoisotopic (exact) mass is 892 g/mol. The van der Waals surface area contributed by atoms with Gasteiger partial charge in [-0.2, -0.15) is 0 Å². The molecule has 0 fully saturated rings. The van der Waals surface area contributed by atoms with Crippen molar-refractivity contribution >= 4 is 18.8 Å². The molecule has 0 bridgehead atoms. The molecule has 29 heteroatoms. The zero-order chi connectivity index (χ0) is 39.4. The number of hydrogen-bond donors (Lipinski definition) is 0. The molecule has 0 aliphatic heterocycles. The minimum atomic E-state index is -13.5. The Morgan fingerprint density at radius 3 is 0.771 bits per heavy atom. The molecule has 0 aliphatic carbocycles. The van der Waals surface area contributed by atoms with Crippen molar-refractivity contribution in [3.63, 3.8) is 0 Å². The second-order valence-corrected chi connectivity index (χ2v) is 19.7. The minimum absolute atomic E-state index is 0.0501. The number of unbranched alkanes of at least 4 members (excludes halogenated alkanes) is 4. The summed E-state index contributed by atoms with van der Waals surface area (Å²) in [6.07, 6.45) is -28.8. The van der Waals surface area contributed by atoms with Gasteiger partial charge in [0.15, 0.2) is 0 Å². The fourth-order valence-electron chi connectivity index (χ4n) is 3.58. The van der Waals surface area contributed by atoms with Crippen LogP contribution in [-0.4, -0.2) is 91.3 Å². The van der Waals surface area contributed by atoms with E-state index in [1.165, 1.54) is 6.92 Å². The van der Waals surface area contributed by atoms with Gasteiger partial charge < -0.3 is 0 Å². The Labute approximate surface area is 252 Å². The summed E-state index contributed by atoms with van der Waals surface area (Å²) in [7, 11) is 0. The van der Waals surface area contributed by atoms with Crippen LogP contribution in [0.3, 0.4) is 0 Å². The van der Waals surface area contributed by atoms with Crippen molar-refractivity contribution in [3.05, 3.63) is 0 Å². The van der Waals surface area contributed by atoms with Gasteiger partial charge in [-0.25, -0.2) is 0 Å². The summed E-state index contributed by atoms with van der Waals surface area (Å²) >= 11 is -13.5. The van der Waals surface area contributed by atoms with E-state index in [4.69, 9.17) is 0 Å². The van der Waals surface area contributed by atoms with E-state index in [2.05, 4.69) is 3.07 Å². The topological polar surface area (TPSA) is 9.23 Å². The van der Waals surface area contributed by atoms with Crippen LogP contribution in [0.5, 0.6) is 0 Å². The van der Waals surface area contributed by atoms with Gasteiger partial charge in [0.25, 0.3) is 0 Å². The molecule has 0 N–H and O–H groups in total. The number of halogens is 27. The molecule has 0 spiro atoms. The van der Waals surface area contributed by atoms with Crippen LogP contribution >= 0.6 is 0 Å². The van der Waals surface area contributed by atoms with Crippen molar-refractivity contribution in [1.29, 1.82) is 0 Å². The summed E-state index contributed by atoms with van der Waals surface area (Å²) in [5, 5.41) is 0. The van der Waals surface area contributed by atoms with Crippen molar-refractivity contribution < 1.29 is 122 Å². The maximum absolute atomic E-state index is 15.2. The van der Waals surface area contributed by atoms with Gasteiger partial charge in [0.1, 0.15) is 0 Å². The average molecular weight is 891 g/mol.